The molecule has 3 rings (SSSR count). The molecule has 3 aliphatic rings. The van der Waals surface area contributed by atoms with Crippen LogP contribution in [0.5, 0.6) is 0 Å². The topological polar surface area (TPSA) is 12.4 Å². The predicted octanol–water partition coefficient (Wildman–Crippen LogP) is 5.70. The lowest BCUT2D eigenvalue weighted by Crippen LogP contribution is -2.24. The molecule has 0 saturated heterocycles. The molecular formula is C19H31N. The van der Waals surface area contributed by atoms with E-state index in [2.05, 4.69) is 12.2 Å². The Morgan fingerprint density at radius 1 is 0.750 bits per heavy atom. The molecule has 2 fully saturated rings. The maximum Gasteiger partial charge on any atom is 0.0707 e. The summed E-state index contributed by atoms with van der Waals surface area (Å²) in [7, 11) is 0. The average Bonchev–Trinajstić information content (AvgIpc) is 2.92. The van der Waals surface area contributed by atoms with Crippen molar-refractivity contribution in [1.82, 2.24) is 0 Å². The highest BCUT2D eigenvalue weighted by atomic mass is 14.8. The van der Waals surface area contributed by atoms with E-state index >= 15 is 0 Å². The standard InChI is InChI=1S/C19H31N/c1-2-6-11-16(10-5-1)18-14-9-15-19(20-18)17-12-7-3-4-8-13-17/h9,14,16-18H,1-8,10-13,15H2. The van der Waals surface area contributed by atoms with Crippen LogP contribution in [0.2, 0.25) is 0 Å². The van der Waals surface area contributed by atoms with Crippen LogP contribution in [-0.2, 0) is 0 Å². The summed E-state index contributed by atoms with van der Waals surface area (Å²) >= 11 is 0. The lowest BCUT2D eigenvalue weighted by Gasteiger charge is -2.26. The van der Waals surface area contributed by atoms with Crippen LogP contribution in [0.1, 0.15) is 83.5 Å². The molecule has 1 heterocycles. The van der Waals surface area contributed by atoms with E-state index in [1.807, 2.05) is 0 Å². The highest BCUT2D eigenvalue weighted by molar-refractivity contribution is 5.89. The van der Waals surface area contributed by atoms with Crippen molar-refractivity contribution >= 4 is 5.71 Å². The van der Waals surface area contributed by atoms with Gasteiger partial charge in [-0.2, -0.15) is 0 Å². The van der Waals surface area contributed by atoms with Crippen LogP contribution in [-0.4, -0.2) is 11.8 Å². The molecule has 1 unspecified atom stereocenters. The van der Waals surface area contributed by atoms with Gasteiger partial charge < -0.3 is 0 Å². The molecule has 112 valence electrons. The molecule has 0 spiro atoms. The smallest absolute Gasteiger partial charge is 0.0707 e. The van der Waals surface area contributed by atoms with Crippen molar-refractivity contribution in [2.24, 2.45) is 16.8 Å². The van der Waals surface area contributed by atoms with Gasteiger partial charge in [-0.15, -0.1) is 0 Å². The van der Waals surface area contributed by atoms with Gasteiger partial charge in [0, 0.05) is 12.1 Å². The summed E-state index contributed by atoms with van der Waals surface area (Å²) in [6, 6.07) is 0.528. The number of dihydropyridines is 1. The van der Waals surface area contributed by atoms with Gasteiger partial charge in [0.25, 0.3) is 0 Å². The molecule has 0 amide bonds. The van der Waals surface area contributed by atoms with E-state index in [4.69, 9.17) is 4.99 Å². The normalized spacial score (nSPS) is 30.6. The SMILES string of the molecule is C1=CC(C2CCCCCC2)N=C(C2CCCCCC2)C1. The summed E-state index contributed by atoms with van der Waals surface area (Å²) in [6.07, 6.45) is 23.2. The van der Waals surface area contributed by atoms with Crippen molar-refractivity contribution in [3.8, 4) is 0 Å². The molecule has 0 N–H and O–H groups in total. The van der Waals surface area contributed by atoms with Gasteiger partial charge in [-0.3, -0.25) is 4.99 Å². The summed E-state index contributed by atoms with van der Waals surface area (Å²) in [6.45, 7) is 0. The third kappa shape index (κ3) is 3.74. The first-order valence-electron chi connectivity index (χ1n) is 9.17. The molecule has 1 heteroatoms. The van der Waals surface area contributed by atoms with E-state index < -0.39 is 0 Å². The van der Waals surface area contributed by atoms with Crippen LogP contribution in [0.3, 0.4) is 0 Å². The molecule has 1 atom stereocenters. The summed E-state index contributed by atoms with van der Waals surface area (Å²) in [4.78, 5) is 5.24. The zero-order valence-corrected chi connectivity index (χ0v) is 13.0. The van der Waals surface area contributed by atoms with Crippen LogP contribution in [0.4, 0.5) is 0 Å². The predicted molar refractivity (Wildman–Crippen MR) is 87.4 cm³/mol. The Labute approximate surface area is 124 Å². The minimum atomic E-state index is 0.528. The van der Waals surface area contributed by atoms with Gasteiger partial charge in [0.15, 0.2) is 0 Å². The van der Waals surface area contributed by atoms with Crippen LogP contribution < -0.4 is 0 Å². The second kappa shape index (κ2) is 7.43. The van der Waals surface area contributed by atoms with Gasteiger partial charge >= 0.3 is 0 Å². The minimum Gasteiger partial charge on any atom is -0.286 e. The van der Waals surface area contributed by atoms with Crippen LogP contribution in [0.25, 0.3) is 0 Å². The fourth-order valence-electron chi connectivity index (χ4n) is 4.42. The first-order chi connectivity index (χ1) is 9.93. The van der Waals surface area contributed by atoms with Gasteiger partial charge in [-0.25, -0.2) is 0 Å². The highest BCUT2D eigenvalue weighted by Gasteiger charge is 2.25. The molecule has 20 heavy (non-hydrogen) atoms. The molecule has 0 aromatic carbocycles. The number of nitrogens with zero attached hydrogens (tertiary/aromatic N) is 1. The van der Waals surface area contributed by atoms with Crippen molar-refractivity contribution in [2.45, 2.75) is 89.5 Å². The number of allylic oxidation sites excluding steroid dienone is 1. The summed E-state index contributed by atoms with van der Waals surface area (Å²) in [5.74, 6) is 1.66. The number of hydrogen-bond donors (Lipinski definition) is 0. The van der Waals surface area contributed by atoms with Crippen molar-refractivity contribution < 1.29 is 0 Å². The number of aliphatic imine (C=N–C) groups is 1. The van der Waals surface area contributed by atoms with E-state index in [0.717, 1.165) is 18.3 Å². The maximum atomic E-state index is 5.24. The fraction of sp³-hybridized carbons (Fsp3) is 0.842. The molecule has 0 radical (unpaired) electrons. The molecule has 2 aliphatic carbocycles. The van der Waals surface area contributed by atoms with E-state index in [-0.39, 0.29) is 0 Å². The number of rotatable bonds is 2. The second-order valence-electron chi connectivity index (χ2n) is 7.18. The zero-order valence-electron chi connectivity index (χ0n) is 13.0. The first kappa shape index (κ1) is 14.4. The fourth-order valence-corrected chi connectivity index (χ4v) is 4.42. The summed E-state index contributed by atoms with van der Waals surface area (Å²) < 4.78 is 0. The Morgan fingerprint density at radius 3 is 2.00 bits per heavy atom. The Bertz CT molecular complexity index is 339. The zero-order chi connectivity index (χ0) is 13.6. The van der Waals surface area contributed by atoms with E-state index in [9.17, 15) is 0 Å². The molecule has 2 saturated carbocycles. The van der Waals surface area contributed by atoms with Crippen LogP contribution in [0, 0.1) is 11.8 Å². The largest absolute Gasteiger partial charge is 0.286 e. The van der Waals surface area contributed by atoms with Gasteiger partial charge in [-0.1, -0.05) is 63.5 Å². The molecule has 1 aliphatic heterocycles. The summed E-state index contributed by atoms with van der Waals surface area (Å²) in [5.41, 5.74) is 1.56. The molecular weight excluding hydrogens is 242 g/mol. The average molecular weight is 273 g/mol. The third-order valence-corrected chi connectivity index (χ3v) is 5.68. The highest BCUT2D eigenvalue weighted by Crippen LogP contribution is 2.32. The van der Waals surface area contributed by atoms with E-state index in [1.165, 1.54) is 77.0 Å². The van der Waals surface area contributed by atoms with Gasteiger partial charge in [0.05, 0.1) is 6.04 Å². The second-order valence-corrected chi connectivity index (χ2v) is 7.18. The first-order valence-corrected chi connectivity index (χ1v) is 9.17. The summed E-state index contributed by atoms with van der Waals surface area (Å²) in [5, 5.41) is 0. The Hall–Kier alpha value is -0.590. The third-order valence-electron chi connectivity index (χ3n) is 5.68. The Morgan fingerprint density at radius 2 is 1.35 bits per heavy atom. The van der Waals surface area contributed by atoms with Gasteiger partial charge in [0.1, 0.15) is 0 Å². The van der Waals surface area contributed by atoms with Crippen molar-refractivity contribution in [3.05, 3.63) is 12.2 Å². The monoisotopic (exact) mass is 273 g/mol. The Kier molecular flexibility index (Phi) is 5.33. The molecule has 0 aromatic heterocycles. The molecule has 1 nitrogen and oxygen atoms in total. The van der Waals surface area contributed by atoms with Gasteiger partial charge in [0.2, 0.25) is 0 Å². The van der Waals surface area contributed by atoms with E-state index in [0.29, 0.717) is 6.04 Å². The number of hydrogen-bond acceptors (Lipinski definition) is 1. The molecule has 0 aromatic rings. The minimum absolute atomic E-state index is 0.528. The van der Waals surface area contributed by atoms with Gasteiger partial charge in [-0.05, 0) is 37.5 Å². The van der Waals surface area contributed by atoms with Crippen LogP contribution >= 0.6 is 0 Å². The van der Waals surface area contributed by atoms with Crippen LogP contribution in [0.15, 0.2) is 17.1 Å². The molecule has 0 bridgehead atoms. The Balaban J connectivity index is 1.65. The quantitative estimate of drug-likeness (QED) is 0.452. The van der Waals surface area contributed by atoms with Crippen molar-refractivity contribution in [3.63, 3.8) is 0 Å². The van der Waals surface area contributed by atoms with Crippen molar-refractivity contribution in [2.75, 3.05) is 0 Å². The van der Waals surface area contributed by atoms with E-state index in [1.54, 1.807) is 5.71 Å². The lowest BCUT2D eigenvalue weighted by molar-refractivity contribution is 0.414. The lowest BCUT2D eigenvalue weighted by atomic mass is 9.86. The maximum absolute atomic E-state index is 5.24. The van der Waals surface area contributed by atoms with Crippen molar-refractivity contribution in [1.29, 1.82) is 0 Å².